The van der Waals surface area contributed by atoms with Crippen molar-refractivity contribution in [3.63, 3.8) is 0 Å². The quantitative estimate of drug-likeness (QED) is 0.443. The van der Waals surface area contributed by atoms with E-state index in [1.165, 1.54) is 24.6 Å². The Balaban J connectivity index is 2.16. The molecule has 0 unspecified atom stereocenters. The summed E-state index contributed by atoms with van der Waals surface area (Å²) in [5.74, 6) is -0.107. The maximum atomic E-state index is 12.2. The highest BCUT2D eigenvalue weighted by Crippen LogP contribution is 2.25. The van der Waals surface area contributed by atoms with Crippen LogP contribution in [0.3, 0.4) is 0 Å². The van der Waals surface area contributed by atoms with Crippen LogP contribution < -0.4 is 0 Å². The fourth-order valence-electron chi connectivity index (χ4n) is 1.95. The summed E-state index contributed by atoms with van der Waals surface area (Å²) < 4.78 is 5.05. The van der Waals surface area contributed by atoms with Gasteiger partial charge in [-0.05, 0) is 18.2 Å². The predicted octanol–water partition coefficient (Wildman–Crippen LogP) is 2.90. The number of nitro groups is 1. The third-order valence-electron chi connectivity index (χ3n) is 2.87. The zero-order chi connectivity index (χ0) is 13.4. The molecule has 6 nitrogen and oxygen atoms in total. The molecule has 0 spiro atoms. The number of H-pyrrole nitrogens is 1. The van der Waals surface area contributed by atoms with Crippen molar-refractivity contribution in [3.8, 4) is 0 Å². The molecular formula is C13H8N2O4. The molecule has 0 saturated carbocycles. The first kappa shape index (κ1) is 11.2. The Labute approximate surface area is 106 Å². The molecule has 3 rings (SSSR count). The zero-order valence-corrected chi connectivity index (χ0v) is 9.62. The molecule has 6 heteroatoms. The first-order chi connectivity index (χ1) is 9.16. The maximum absolute atomic E-state index is 12.2. The third-order valence-corrected chi connectivity index (χ3v) is 2.87. The molecule has 0 atom stereocenters. The van der Waals surface area contributed by atoms with Crippen molar-refractivity contribution in [2.75, 3.05) is 0 Å². The highest BCUT2D eigenvalue weighted by Gasteiger charge is 2.18. The number of fused-ring (bicyclic) bond motifs is 1. The predicted molar refractivity (Wildman–Crippen MR) is 67.1 cm³/mol. The van der Waals surface area contributed by atoms with Crippen LogP contribution in [0, 0.1) is 10.1 Å². The number of non-ortho nitro benzene ring substituents is 1. The van der Waals surface area contributed by atoms with Crippen molar-refractivity contribution in [3.05, 3.63) is 64.2 Å². The Bertz CT molecular complexity index is 771. The molecule has 94 valence electrons. The minimum Gasteiger partial charge on any atom is -0.461 e. The fraction of sp³-hybridized carbons (Fsp3) is 0. The summed E-state index contributed by atoms with van der Waals surface area (Å²) in [6, 6.07) is 7.51. The minimum atomic E-state index is -0.492. The van der Waals surface area contributed by atoms with Crippen LogP contribution in [0.2, 0.25) is 0 Å². The van der Waals surface area contributed by atoms with Gasteiger partial charge in [0.2, 0.25) is 5.78 Å². The lowest BCUT2D eigenvalue weighted by Crippen LogP contribution is -1.98. The molecule has 0 radical (unpaired) electrons. The van der Waals surface area contributed by atoms with Gasteiger partial charge in [0.05, 0.1) is 16.7 Å². The minimum absolute atomic E-state index is 0.0550. The van der Waals surface area contributed by atoms with Crippen LogP contribution in [0.1, 0.15) is 16.1 Å². The van der Waals surface area contributed by atoms with E-state index in [1.807, 2.05) is 0 Å². The highest BCUT2D eigenvalue weighted by atomic mass is 16.6. The molecule has 0 bridgehead atoms. The zero-order valence-electron chi connectivity index (χ0n) is 9.62. The Morgan fingerprint density at radius 1 is 1.32 bits per heavy atom. The van der Waals surface area contributed by atoms with Crippen LogP contribution in [0.4, 0.5) is 5.69 Å². The summed E-state index contributed by atoms with van der Waals surface area (Å²) in [5, 5.41) is 11.3. The lowest BCUT2D eigenvalue weighted by molar-refractivity contribution is -0.384. The van der Waals surface area contributed by atoms with Gasteiger partial charge in [0, 0.05) is 29.2 Å². The van der Waals surface area contributed by atoms with Gasteiger partial charge in [-0.25, -0.2) is 0 Å². The summed E-state index contributed by atoms with van der Waals surface area (Å²) in [6.45, 7) is 0. The number of nitrogens with zero attached hydrogens (tertiary/aromatic N) is 1. The Morgan fingerprint density at radius 3 is 2.84 bits per heavy atom. The Kier molecular flexibility index (Phi) is 2.42. The molecule has 0 fully saturated rings. The standard InChI is InChI=1S/C13H8N2O4/c16-13(12-2-1-5-19-12)10-7-14-11-4-3-8(15(17)18)6-9(10)11/h1-7,14H. The molecule has 0 amide bonds. The summed E-state index contributed by atoms with van der Waals surface area (Å²) in [4.78, 5) is 25.4. The molecule has 1 N–H and O–H groups in total. The molecule has 0 aliphatic carbocycles. The summed E-state index contributed by atoms with van der Waals surface area (Å²) in [6.07, 6.45) is 2.93. The van der Waals surface area contributed by atoms with E-state index in [1.54, 1.807) is 18.2 Å². The average molecular weight is 256 g/mol. The van der Waals surface area contributed by atoms with Crippen LogP contribution >= 0.6 is 0 Å². The number of nitrogens with one attached hydrogen (secondary N) is 1. The molecule has 19 heavy (non-hydrogen) atoms. The van der Waals surface area contributed by atoms with Crippen LogP contribution in [0.5, 0.6) is 0 Å². The number of benzene rings is 1. The van der Waals surface area contributed by atoms with Crippen LogP contribution in [0.15, 0.2) is 47.2 Å². The second-order valence-corrected chi connectivity index (χ2v) is 4.00. The van der Waals surface area contributed by atoms with Crippen molar-refractivity contribution in [2.45, 2.75) is 0 Å². The van der Waals surface area contributed by atoms with E-state index >= 15 is 0 Å². The van der Waals surface area contributed by atoms with Crippen molar-refractivity contribution < 1.29 is 14.1 Å². The number of hydrogen-bond donors (Lipinski definition) is 1. The highest BCUT2D eigenvalue weighted by molar-refractivity contribution is 6.15. The van der Waals surface area contributed by atoms with E-state index < -0.39 is 4.92 Å². The van der Waals surface area contributed by atoms with Crippen LogP contribution in [-0.4, -0.2) is 15.7 Å². The number of furan rings is 1. The molecule has 3 aromatic rings. The number of nitro benzene ring substituents is 1. The molecule has 0 aliphatic rings. The topological polar surface area (TPSA) is 89.1 Å². The van der Waals surface area contributed by atoms with Gasteiger partial charge in [0.1, 0.15) is 0 Å². The summed E-state index contributed by atoms with van der Waals surface area (Å²) in [5.41, 5.74) is 0.967. The maximum Gasteiger partial charge on any atom is 0.270 e. The van der Waals surface area contributed by atoms with Gasteiger partial charge in [0.15, 0.2) is 5.76 Å². The van der Waals surface area contributed by atoms with Crippen LogP contribution in [0.25, 0.3) is 10.9 Å². The van der Waals surface area contributed by atoms with Crippen molar-refractivity contribution in [1.82, 2.24) is 4.98 Å². The van der Waals surface area contributed by atoms with E-state index in [4.69, 9.17) is 4.42 Å². The molecule has 0 saturated heterocycles. The second kappa shape index (κ2) is 4.09. The molecule has 2 aromatic heterocycles. The van der Waals surface area contributed by atoms with Gasteiger partial charge in [-0.2, -0.15) is 0 Å². The van der Waals surface area contributed by atoms with E-state index in [9.17, 15) is 14.9 Å². The van der Waals surface area contributed by atoms with Gasteiger partial charge in [-0.1, -0.05) is 0 Å². The molecule has 2 heterocycles. The molecule has 0 aliphatic heterocycles. The smallest absolute Gasteiger partial charge is 0.270 e. The van der Waals surface area contributed by atoms with Gasteiger partial charge < -0.3 is 9.40 Å². The fourth-order valence-corrected chi connectivity index (χ4v) is 1.95. The first-order valence-corrected chi connectivity index (χ1v) is 5.50. The number of carbonyl (C=O) groups excluding carboxylic acids is 1. The third kappa shape index (κ3) is 1.79. The number of aromatic nitrogens is 1. The van der Waals surface area contributed by atoms with E-state index in [-0.39, 0.29) is 17.2 Å². The largest absolute Gasteiger partial charge is 0.461 e. The Morgan fingerprint density at radius 2 is 2.16 bits per heavy atom. The van der Waals surface area contributed by atoms with E-state index in [0.717, 1.165) is 0 Å². The van der Waals surface area contributed by atoms with Gasteiger partial charge >= 0.3 is 0 Å². The van der Waals surface area contributed by atoms with Crippen LogP contribution in [-0.2, 0) is 0 Å². The van der Waals surface area contributed by atoms with Crippen molar-refractivity contribution >= 4 is 22.4 Å². The summed E-state index contributed by atoms with van der Waals surface area (Å²) >= 11 is 0. The number of aromatic amines is 1. The SMILES string of the molecule is O=C(c1ccco1)c1c[nH]c2ccc([N+](=O)[O-])cc12. The van der Waals surface area contributed by atoms with Gasteiger partial charge in [0.25, 0.3) is 5.69 Å². The van der Waals surface area contributed by atoms with E-state index in [2.05, 4.69) is 4.98 Å². The average Bonchev–Trinajstić information content (AvgIpc) is 3.06. The number of hydrogen-bond acceptors (Lipinski definition) is 4. The first-order valence-electron chi connectivity index (χ1n) is 5.50. The number of carbonyl (C=O) groups is 1. The van der Waals surface area contributed by atoms with Crippen molar-refractivity contribution in [2.24, 2.45) is 0 Å². The lowest BCUT2D eigenvalue weighted by Gasteiger charge is -1.96. The number of ketones is 1. The normalized spacial score (nSPS) is 10.7. The Hall–Kier alpha value is -2.89. The molecular weight excluding hydrogens is 248 g/mol. The van der Waals surface area contributed by atoms with E-state index in [0.29, 0.717) is 16.5 Å². The lowest BCUT2D eigenvalue weighted by atomic mass is 10.1. The number of rotatable bonds is 3. The van der Waals surface area contributed by atoms with Gasteiger partial charge in [-0.3, -0.25) is 14.9 Å². The second-order valence-electron chi connectivity index (χ2n) is 4.00. The van der Waals surface area contributed by atoms with Crippen molar-refractivity contribution in [1.29, 1.82) is 0 Å². The summed E-state index contributed by atoms with van der Waals surface area (Å²) in [7, 11) is 0. The monoisotopic (exact) mass is 256 g/mol. The van der Waals surface area contributed by atoms with Gasteiger partial charge in [-0.15, -0.1) is 0 Å². The molecule has 1 aromatic carbocycles.